The monoisotopic (exact) mass is 289 g/mol. The summed E-state index contributed by atoms with van der Waals surface area (Å²) in [6, 6.07) is 7.00. The van der Waals surface area contributed by atoms with Gasteiger partial charge in [0.05, 0.1) is 11.6 Å². The Hall–Kier alpha value is -2.17. The number of benzene rings is 1. The first-order valence-electron chi connectivity index (χ1n) is 6.86. The Balaban J connectivity index is 2.38. The van der Waals surface area contributed by atoms with Crippen LogP contribution in [0.25, 0.3) is 0 Å². The van der Waals surface area contributed by atoms with Gasteiger partial charge < -0.3 is 4.74 Å². The van der Waals surface area contributed by atoms with Gasteiger partial charge in [0.2, 0.25) is 5.91 Å². The summed E-state index contributed by atoms with van der Waals surface area (Å²) in [5.74, 6) is -1.10. The molecule has 0 bridgehead atoms. The van der Waals surface area contributed by atoms with E-state index in [1.54, 1.807) is 45.0 Å². The molecule has 1 aromatic carbocycles. The molecule has 1 heterocycles. The molecule has 0 N–H and O–H groups in total. The van der Waals surface area contributed by atoms with Crippen molar-refractivity contribution in [1.82, 2.24) is 0 Å². The number of hydrogen-bond acceptors (Lipinski definition) is 4. The van der Waals surface area contributed by atoms with E-state index in [4.69, 9.17) is 4.74 Å². The zero-order valence-corrected chi connectivity index (χ0v) is 12.7. The maximum absolute atomic E-state index is 12.5. The number of carbonyl (C=O) groups is 3. The van der Waals surface area contributed by atoms with E-state index in [2.05, 4.69) is 0 Å². The van der Waals surface area contributed by atoms with Gasteiger partial charge >= 0.3 is 6.09 Å². The van der Waals surface area contributed by atoms with Gasteiger partial charge in [0, 0.05) is 6.42 Å². The summed E-state index contributed by atoms with van der Waals surface area (Å²) in [6.45, 7) is 6.66. The summed E-state index contributed by atoms with van der Waals surface area (Å²) in [5, 5.41) is 0. The fourth-order valence-corrected chi connectivity index (χ4v) is 2.37. The number of nitrogens with zero attached hydrogens (tertiary/aromatic N) is 1. The van der Waals surface area contributed by atoms with Crippen molar-refractivity contribution in [3.8, 4) is 0 Å². The predicted molar refractivity (Wildman–Crippen MR) is 78.2 cm³/mol. The molecule has 1 aromatic rings. The van der Waals surface area contributed by atoms with E-state index in [-0.39, 0.29) is 12.2 Å². The van der Waals surface area contributed by atoms with Crippen LogP contribution < -0.4 is 4.90 Å². The van der Waals surface area contributed by atoms with Crippen molar-refractivity contribution in [2.45, 2.75) is 45.6 Å². The molecule has 0 aromatic heterocycles. The van der Waals surface area contributed by atoms with E-state index >= 15 is 0 Å². The first-order valence-corrected chi connectivity index (χ1v) is 6.86. The average Bonchev–Trinajstić information content (AvgIpc) is 2.60. The van der Waals surface area contributed by atoms with E-state index in [9.17, 15) is 14.4 Å². The second-order valence-electron chi connectivity index (χ2n) is 6.17. The van der Waals surface area contributed by atoms with Crippen molar-refractivity contribution in [2.24, 2.45) is 0 Å². The van der Waals surface area contributed by atoms with Crippen molar-refractivity contribution in [3.63, 3.8) is 0 Å². The maximum Gasteiger partial charge on any atom is 0.421 e. The molecule has 2 amide bonds. The number of anilines is 1. The Bertz CT molecular complexity index is 601. The molecule has 0 aliphatic carbocycles. The number of fused-ring (bicyclic) bond motifs is 1. The number of ether oxygens (including phenoxy) is 1. The van der Waals surface area contributed by atoms with Gasteiger partial charge in [-0.05, 0) is 39.3 Å². The topological polar surface area (TPSA) is 63.7 Å². The maximum atomic E-state index is 12.5. The molecular formula is C16H19NO4. The zero-order valence-electron chi connectivity index (χ0n) is 12.7. The molecule has 5 heteroatoms. The Labute approximate surface area is 123 Å². The molecule has 2 rings (SSSR count). The van der Waals surface area contributed by atoms with Crippen LogP contribution >= 0.6 is 0 Å². The molecule has 0 saturated carbocycles. The third kappa shape index (κ3) is 3.12. The summed E-state index contributed by atoms with van der Waals surface area (Å²) in [6.07, 6.45) is -0.610. The highest BCUT2D eigenvalue weighted by atomic mass is 16.6. The van der Waals surface area contributed by atoms with Crippen LogP contribution in [0.5, 0.6) is 0 Å². The van der Waals surface area contributed by atoms with Crippen molar-refractivity contribution in [1.29, 1.82) is 0 Å². The lowest BCUT2D eigenvalue weighted by atomic mass is 9.96. The molecule has 0 saturated heterocycles. The molecule has 0 fully saturated rings. The molecule has 5 nitrogen and oxygen atoms in total. The molecule has 0 spiro atoms. The lowest BCUT2D eigenvalue weighted by Gasteiger charge is -2.24. The van der Waals surface area contributed by atoms with Crippen molar-refractivity contribution in [2.75, 3.05) is 4.90 Å². The number of imide groups is 1. The number of carbonyl (C=O) groups excluding carboxylic acids is 3. The van der Waals surface area contributed by atoms with Gasteiger partial charge in [-0.1, -0.05) is 18.2 Å². The largest absolute Gasteiger partial charge is 0.443 e. The van der Waals surface area contributed by atoms with Gasteiger partial charge in [-0.3, -0.25) is 9.59 Å². The van der Waals surface area contributed by atoms with Gasteiger partial charge in [0.1, 0.15) is 11.4 Å². The Morgan fingerprint density at radius 1 is 1.24 bits per heavy atom. The van der Waals surface area contributed by atoms with Crippen LogP contribution in [0.2, 0.25) is 0 Å². The molecule has 0 unspecified atom stereocenters. The summed E-state index contributed by atoms with van der Waals surface area (Å²) >= 11 is 0. The standard InChI is InChI=1S/C16H19NO4/c1-10(18)9-12-11-7-5-6-8-13(11)17(14(12)19)15(20)21-16(2,3)4/h5-8,12H,9H2,1-4H3/t12-/m1/s1. The van der Waals surface area contributed by atoms with Crippen LogP contribution in [-0.2, 0) is 14.3 Å². The quantitative estimate of drug-likeness (QED) is 0.839. The van der Waals surface area contributed by atoms with Gasteiger partial charge in [-0.25, -0.2) is 9.69 Å². The van der Waals surface area contributed by atoms with Crippen LogP contribution in [-0.4, -0.2) is 23.4 Å². The lowest BCUT2D eigenvalue weighted by Crippen LogP contribution is -2.39. The number of amides is 2. The molecular weight excluding hydrogens is 270 g/mol. The number of ketones is 1. The summed E-state index contributed by atoms with van der Waals surface area (Å²) < 4.78 is 5.28. The Morgan fingerprint density at radius 2 is 1.86 bits per heavy atom. The van der Waals surface area contributed by atoms with Crippen LogP contribution in [0.3, 0.4) is 0 Å². The SMILES string of the molecule is CC(=O)C[C@H]1C(=O)N(C(=O)OC(C)(C)C)c2ccccc21. The molecule has 1 aliphatic heterocycles. The third-order valence-electron chi connectivity index (χ3n) is 3.14. The minimum atomic E-state index is -0.703. The highest BCUT2D eigenvalue weighted by Gasteiger charge is 2.42. The van der Waals surface area contributed by atoms with Crippen LogP contribution in [0.15, 0.2) is 24.3 Å². The van der Waals surface area contributed by atoms with Crippen LogP contribution in [0.1, 0.15) is 45.6 Å². The number of Topliss-reactive ketones (excluding diaryl/α,β-unsaturated/α-hetero) is 1. The number of hydrogen-bond donors (Lipinski definition) is 0. The summed E-state index contributed by atoms with van der Waals surface area (Å²) in [5.41, 5.74) is 0.511. The summed E-state index contributed by atoms with van der Waals surface area (Å²) in [4.78, 5) is 37.2. The highest BCUT2D eigenvalue weighted by molar-refractivity contribution is 6.19. The second kappa shape index (κ2) is 5.31. The third-order valence-corrected chi connectivity index (χ3v) is 3.14. The fourth-order valence-electron chi connectivity index (χ4n) is 2.37. The first-order chi connectivity index (χ1) is 9.70. The molecule has 1 aliphatic rings. The van der Waals surface area contributed by atoms with Crippen molar-refractivity contribution >= 4 is 23.5 Å². The minimum absolute atomic E-state index is 0.0887. The zero-order chi connectivity index (χ0) is 15.8. The lowest BCUT2D eigenvalue weighted by molar-refractivity contribution is -0.123. The summed E-state index contributed by atoms with van der Waals surface area (Å²) in [7, 11) is 0. The fraction of sp³-hybridized carbons (Fsp3) is 0.438. The molecule has 1 atom stereocenters. The molecule has 0 radical (unpaired) electrons. The van der Waals surface area contributed by atoms with Gasteiger partial charge in [0.15, 0.2) is 0 Å². The Morgan fingerprint density at radius 3 is 2.43 bits per heavy atom. The average molecular weight is 289 g/mol. The Kier molecular flexibility index (Phi) is 3.85. The first kappa shape index (κ1) is 15.2. The van der Waals surface area contributed by atoms with E-state index in [1.165, 1.54) is 6.92 Å². The normalized spacial score (nSPS) is 17.6. The smallest absolute Gasteiger partial charge is 0.421 e. The molecule has 112 valence electrons. The van der Waals surface area contributed by atoms with Crippen LogP contribution in [0, 0.1) is 0 Å². The second-order valence-corrected chi connectivity index (χ2v) is 6.17. The number of para-hydroxylation sites is 1. The van der Waals surface area contributed by atoms with Crippen molar-refractivity contribution in [3.05, 3.63) is 29.8 Å². The van der Waals surface area contributed by atoms with Gasteiger partial charge in [0.25, 0.3) is 0 Å². The molecule has 21 heavy (non-hydrogen) atoms. The van der Waals surface area contributed by atoms with E-state index in [0.29, 0.717) is 11.3 Å². The van der Waals surface area contributed by atoms with Gasteiger partial charge in [-0.2, -0.15) is 0 Å². The number of rotatable bonds is 2. The van der Waals surface area contributed by atoms with E-state index in [0.717, 1.165) is 4.90 Å². The minimum Gasteiger partial charge on any atom is -0.443 e. The van der Waals surface area contributed by atoms with Gasteiger partial charge in [-0.15, -0.1) is 0 Å². The van der Waals surface area contributed by atoms with E-state index in [1.807, 2.05) is 0 Å². The highest BCUT2D eigenvalue weighted by Crippen LogP contribution is 2.39. The predicted octanol–water partition coefficient (Wildman–Crippen LogP) is 3.03. The van der Waals surface area contributed by atoms with Crippen molar-refractivity contribution < 1.29 is 19.1 Å². The van der Waals surface area contributed by atoms with Crippen LogP contribution in [0.4, 0.5) is 10.5 Å². The van der Waals surface area contributed by atoms with E-state index < -0.39 is 23.5 Å².